The number of hydrogen-bond acceptors (Lipinski definition) is 8. The second-order valence-electron chi connectivity index (χ2n) is 11.9. The van der Waals surface area contributed by atoms with Gasteiger partial charge in [0.05, 0.1) is 19.8 Å². The Morgan fingerprint density at radius 3 is 1.64 bits per heavy atom. The van der Waals surface area contributed by atoms with E-state index in [-0.39, 0.29) is 12.5 Å². The maximum Gasteiger partial charge on any atom is 0.412 e. The van der Waals surface area contributed by atoms with Crippen LogP contribution in [0, 0.1) is 19.8 Å². The van der Waals surface area contributed by atoms with Gasteiger partial charge in [0.15, 0.2) is 0 Å². The van der Waals surface area contributed by atoms with E-state index in [1.165, 1.54) is 0 Å². The maximum atomic E-state index is 13.1. The average Bonchev–Trinajstić information content (AvgIpc) is 2.96. The maximum absolute atomic E-state index is 13.1. The summed E-state index contributed by atoms with van der Waals surface area (Å²) in [7, 11) is 0. The first-order valence-corrected chi connectivity index (χ1v) is 15.1. The monoisotopic (exact) mass is 628 g/mol. The zero-order chi connectivity index (χ0) is 33.8. The van der Waals surface area contributed by atoms with Crippen LogP contribution < -0.4 is 21.3 Å². The fourth-order valence-corrected chi connectivity index (χ4v) is 3.71. The van der Waals surface area contributed by atoms with Crippen LogP contribution >= 0.6 is 0 Å². The SMILES string of the molecule is CCCOC(=O)Nc1cc(NC(=O)OC(C)(C)C(C)COC(C)(C)C(=O)Nc2ccc(C)c(NC(=O)OCCC)c2)ccc1C. The Balaban J connectivity index is 1.95. The molecular formula is C33H48N4O8. The number of rotatable bonds is 14. The topological polar surface area (TPSA) is 153 Å². The van der Waals surface area contributed by atoms with E-state index in [4.69, 9.17) is 18.9 Å². The molecule has 2 aromatic rings. The molecule has 1 atom stereocenters. The summed E-state index contributed by atoms with van der Waals surface area (Å²) in [6, 6.07) is 10.2. The molecule has 0 aromatic heterocycles. The molecule has 12 nitrogen and oxygen atoms in total. The van der Waals surface area contributed by atoms with Gasteiger partial charge < -0.3 is 24.3 Å². The number of carbonyl (C=O) groups excluding carboxylic acids is 4. The Labute approximate surface area is 265 Å². The van der Waals surface area contributed by atoms with Crippen molar-refractivity contribution in [3.63, 3.8) is 0 Å². The Morgan fingerprint density at radius 2 is 1.18 bits per heavy atom. The fourth-order valence-electron chi connectivity index (χ4n) is 3.71. The molecule has 0 saturated carbocycles. The number of nitrogens with one attached hydrogen (secondary N) is 4. The molecule has 0 heterocycles. The minimum absolute atomic E-state index is 0.114. The lowest BCUT2D eigenvalue weighted by molar-refractivity contribution is -0.142. The minimum atomic E-state index is -1.23. The van der Waals surface area contributed by atoms with Crippen molar-refractivity contribution in [2.75, 3.05) is 41.1 Å². The lowest BCUT2D eigenvalue weighted by atomic mass is 9.93. The number of hydrogen-bond donors (Lipinski definition) is 4. The van der Waals surface area contributed by atoms with Crippen molar-refractivity contribution >= 4 is 46.9 Å². The van der Waals surface area contributed by atoms with E-state index in [1.807, 2.05) is 34.6 Å². The first-order valence-electron chi connectivity index (χ1n) is 15.1. The highest BCUT2D eigenvalue weighted by molar-refractivity contribution is 5.97. The molecule has 4 N–H and O–H groups in total. The van der Waals surface area contributed by atoms with E-state index in [0.717, 1.165) is 11.1 Å². The van der Waals surface area contributed by atoms with Crippen molar-refractivity contribution in [1.82, 2.24) is 0 Å². The molecule has 0 aliphatic carbocycles. The first kappa shape index (κ1) is 36.9. The minimum Gasteiger partial charge on any atom is -0.449 e. The van der Waals surface area contributed by atoms with Gasteiger partial charge in [-0.3, -0.25) is 20.7 Å². The third kappa shape index (κ3) is 11.9. The Kier molecular flexibility index (Phi) is 13.7. The molecule has 0 aliphatic heterocycles. The summed E-state index contributed by atoms with van der Waals surface area (Å²) in [5.41, 5.74) is 1.35. The Bertz CT molecular complexity index is 1340. The molecule has 248 valence electrons. The van der Waals surface area contributed by atoms with E-state index in [9.17, 15) is 19.2 Å². The normalized spacial score (nSPS) is 12.0. The third-order valence-electron chi connectivity index (χ3n) is 7.11. The fraction of sp³-hybridized carbons (Fsp3) is 0.515. The summed E-state index contributed by atoms with van der Waals surface area (Å²) in [5.74, 6) is -0.694. The first-order chi connectivity index (χ1) is 21.1. The number of amides is 4. The van der Waals surface area contributed by atoms with Crippen LogP contribution in [0.3, 0.4) is 0 Å². The van der Waals surface area contributed by atoms with E-state index in [1.54, 1.807) is 64.1 Å². The van der Waals surface area contributed by atoms with Crippen LogP contribution in [0.15, 0.2) is 36.4 Å². The number of benzene rings is 2. The molecule has 4 amide bonds. The highest BCUT2D eigenvalue weighted by Gasteiger charge is 2.35. The Hall–Kier alpha value is -4.32. The standard InChI is InChI=1S/C33H48N4O8/c1-10-16-42-29(39)36-26-18-24(14-12-21(26)3)34-28(38)33(8,9)44-20-23(5)32(6,7)45-31(41)35-25-15-13-22(4)27(19-25)37-30(40)43-17-11-2/h12-15,18-19,23H,10-11,16-17,20H2,1-9H3,(H,34,38)(H,35,41)(H,36,39)(H,37,40). The second-order valence-corrected chi connectivity index (χ2v) is 11.9. The van der Waals surface area contributed by atoms with E-state index in [2.05, 4.69) is 21.3 Å². The molecule has 0 aliphatic rings. The summed E-state index contributed by atoms with van der Waals surface area (Å²) in [6.07, 6.45) is -0.413. The van der Waals surface area contributed by atoms with Crippen LogP contribution in [-0.2, 0) is 23.7 Å². The predicted molar refractivity (Wildman–Crippen MR) is 175 cm³/mol. The molecule has 1 unspecified atom stereocenters. The molecule has 0 saturated heterocycles. The van der Waals surface area contributed by atoms with E-state index < -0.39 is 35.4 Å². The highest BCUT2D eigenvalue weighted by Crippen LogP contribution is 2.27. The second kappa shape index (κ2) is 16.7. The van der Waals surface area contributed by atoms with Crippen LogP contribution in [0.25, 0.3) is 0 Å². The molecular weight excluding hydrogens is 580 g/mol. The Morgan fingerprint density at radius 1 is 0.711 bits per heavy atom. The predicted octanol–water partition coefficient (Wildman–Crippen LogP) is 7.62. The van der Waals surface area contributed by atoms with Gasteiger partial charge in [-0.15, -0.1) is 0 Å². The summed E-state index contributed by atoms with van der Waals surface area (Å²) < 4.78 is 21.9. The quantitative estimate of drug-likeness (QED) is 0.156. The van der Waals surface area contributed by atoms with Crippen molar-refractivity contribution < 1.29 is 38.1 Å². The largest absolute Gasteiger partial charge is 0.449 e. The molecule has 2 rings (SSSR count). The van der Waals surface area contributed by atoms with Gasteiger partial charge in [0.2, 0.25) is 0 Å². The highest BCUT2D eigenvalue weighted by atomic mass is 16.6. The van der Waals surface area contributed by atoms with Gasteiger partial charge in [-0.1, -0.05) is 32.9 Å². The smallest absolute Gasteiger partial charge is 0.412 e. The molecule has 0 spiro atoms. The van der Waals surface area contributed by atoms with E-state index in [0.29, 0.717) is 48.8 Å². The van der Waals surface area contributed by atoms with E-state index >= 15 is 0 Å². The lowest BCUT2D eigenvalue weighted by Crippen LogP contribution is -2.44. The van der Waals surface area contributed by atoms with Crippen LogP contribution in [0.5, 0.6) is 0 Å². The zero-order valence-corrected chi connectivity index (χ0v) is 27.8. The van der Waals surface area contributed by atoms with Crippen molar-refractivity contribution in [1.29, 1.82) is 0 Å². The van der Waals surface area contributed by atoms with Gasteiger partial charge >= 0.3 is 18.3 Å². The molecule has 2 aromatic carbocycles. The van der Waals surface area contributed by atoms with Crippen LogP contribution in [-0.4, -0.2) is 55.2 Å². The summed E-state index contributed by atoms with van der Waals surface area (Å²) in [6.45, 7) is 16.8. The van der Waals surface area contributed by atoms with Crippen molar-refractivity contribution in [3.05, 3.63) is 47.5 Å². The molecule has 12 heteroatoms. The van der Waals surface area contributed by atoms with Crippen LogP contribution in [0.1, 0.15) is 72.4 Å². The summed E-state index contributed by atoms with van der Waals surface area (Å²) >= 11 is 0. The van der Waals surface area contributed by atoms with Crippen LogP contribution in [0.2, 0.25) is 0 Å². The van der Waals surface area contributed by atoms with Crippen molar-refractivity contribution in [2.45, 2.75) is 86.4 Å². The number of ether oxygens (including phenoxy) is 4. The van der Waals surface area contributed by atoms with Crippen molar-refractivity contribution in [2.24, 2.45) is 5.92 Å². The number of carbonyl (C=O) groups is 4. The van der Waals surface area contributed by atoms with Gasteiger partial charge in [0, 0.05) is 28.7 Å². The van der Waals surface area contributed by atoms with Gasteiger partial charge in [-0.25, -0.2) is 14.4 Å². The average molecular weight is 629 g/mol. The molecule has 0 radical (unpaired) electrons. The van der Waals surface area contributed by atoms with Gasteiger partial charge in [0.1, 0.15) is 11.2 Å². The molecule has 0 bridgehead atoms. The third-order valence-corrected chi connectivity index (χ3v) is 7.11. The summed E-state index contributed by atoms with van der Waals surface area (Å²) in [4.78, 5) is 49.9. The van der Waals surface area contributed by atoms with Gasteiger partial charge in [-0.05, 0) is 89.8 Å². The zero-order valence-electron chi connectivity index (χ0n) is 27.8. The van der Waals surface area contributed by atoms with Gasteiger partial charge in [-0.2, -0.15) is 0 Å². The summed E-state index contributed by atoms with van der Waals surface area (Å²) in [5, 5.41) is 10.9. The van der Waals surface area contributed by atoms with Gasteiger partial charge in [0.25, 0.3) is 5.91 Å². The number of aryl methyl sites for hydroxylation is 2. The lowest BCUT2D eigenvalue weighted by Gasteiger charge is -2.34. The number of anilines is 4. The molecule has 0 fully saturated rings. The van der Waals surface area contributed by atoms with Crippen LogP contribution in [0.4, 0.5) is 37.1 Å². The van der Waals surface area contributed by atoms with Crippen molar-refractivity contribution in [3.8, 4) is 0 Å². The molecule has 45 heavy (non-hydrogen) atoms.